The number of benzene rings is 1. The minimum atomic E-state index is -1.49. The zero-order valence-electron chi connectivity index (χ0n) is 19.2. The van der Waals surface area contributed by atoms with Crippen LogP contribution in [-0.2, 0) is 22.6 Å². The van der Waals surface area contributed by atoms with Crippen LogP contribution >= 0.6 is 0 Å². The lowest BCUT2D eigenvalue weighted by atomic mass is 10.0. The first kappa shape index (κ1) is 23.6. The van der Waals surface area contributed by atoms with Crippen molar-refractivity contribution in [3.63, 3.8) is 0 Å². The molecule has 1 aliphatic heterocycles. The maximum Gasteiger partial charge on any atom is 0.249 e. The van der Waals surface area contributed by atoms with Gasteiger partial charge in [0.25, 0.3) is 0 Å². The minimum absolute atomic E-state index is 0.0912. The number of likely N-dealkylation sites (N-methyl/N-ethyl adjacent to an activating group) is 1. The molecule has 0 unspecified atom stereocenters. The van der Waals surface area contributed by atoms with Gasteiger partial charge in [-0.1, -0.05) is 0 Å². The van der Waals surface area contributed by atoms with Crippen LogP contribution in [0.25, 0.3) is 0 Å². The molecule has 0 bridgehead atoms. The van der Waals surface area contributed by atoms with E-state index in [4.69, 9.17) is 4.74 Å². The molecule has 2 atom stereocenters. The quantitative estimate of drug-likeness (QED) is 0.511. The fourth-order valence-electron chi connectivity index (χ4n) is 4.02. The van der Waals surface area contributed by atoms with Gasteiger partial charge in [-0.25, -0.2) is 18.2 Å². The molecule has 8 nitrogen and oxygen atoms in total. The topological polar surface area (TPSA) is 84.3 Å². The van der Waals surface area contributed by atoms with Gasteiger partial charge < -0.3 is 20.3 Å². The SMILES string of the molecule is CO[C@H](C)[C@H]1C(=O)Nc2c(cc(NCc3cnn(Cc4cc(F)c(F)c(F)c4)c3)nc2C)N1C. The molecule has 3 heterocycles. The lowest BCUT2D eigenvalue weighted by molar-refractivity contribution is -0.120. The van der Waals surface area contributed by atoms with Crippen molar-refractivity contribution in [2.75, 3.05) is 29.7 Å². The Morgan fingerprint density at radius 3 is 2.59 bits per heavy atom. The first-order valence-electron chi connectivity index (χ1n) is 10.6. The Kier molecular flexibility index (Phi) is 6.47. The molecular formula is C23H25F3N6O2. The molecule has 2 N–H and O–H groups in total. The van der Waals surface area contributed by atoms with Gasteiger partial charge in [0.15, 0.2) is 17.5 Å². The normalized spacial score (nSPS) is 16.3. The van der Waals surface area contributed by atoms with Gasteiger partial charge in [-0.2, -0.15) is 5.10 Å². The number of nitrogens with zero attached hydrogens (tertiary/aromatic N) is 4. The van der Waals surface area contributed by atoms with Crippen molar-refractivity contribution in [1.29, 1.82) is 0 Å². The van der Waals surface area contributed by atoms with Gasteiger partial charge in [-0.15, -0.1) is 0 Å². The molecule has 180 valence electrons. The van der Waals surface area contributed by atoms with Gasteiger partial charge in [0.2, 0.25) is 5.91 Å². The first-order chi connectivity index (χ1) is 16.2. The summed E-state index contributed by atoms with van der Waals surface area (Å²) in [5.74, 6) is -3.50. The molecule has 0 saturated carbocycles. The number of nitrogens with one attached hydrogen (secondary N) is 2. The van der Waals surface area contributed by atoms with E-state index in [1.807, 2.05) is 31.9 Å². The van der Waals surface area contributed by atoms with E-state index in [0.717, 1.165) is 23.4 Å². The summed E-state index contributed by atoms with van der Waals surface area (Å²) >= 11 is 0. The summed E-state index contributed by atoms with van der Waals surface area (Å²) in [7, 11) is 3.40. The Bertz CT molecular complexity index is 1210. The Morgan fingerprint density at radius 2 is 1.91 bits per heavy atom. The lowest BCUT2D eigenvalue weighted by Gasteiger charge is -2.38. The van der Waals surface area contributed by atoms with Gasteiger partial charge in [0.05, 0.1) is 35.9 Å². The molecule has 1 aromatic carbocycles. The van der Waals surface area contributed by atoms with Gasteiger partial charge >= 0.3 is 0 Å². The van der Waals surface area contributed by atoms with Gasteiger partial charge in [0.1, 0.15) is 11.9 Å². The molecule has 11 heteroatoms. The standard InChI is InChI=1S/C23H25F3N6O2/c1-12-21-18(31(3)22(13(2)34-4)23(33)30-21)7-19(29-12)27-8-15-9-28-32(11-15)10-14-5-16(24)20(26)17(25)6-14/h5-7,9,11,13,22H,8,10H2,1-4H3,(H,27,29)(H,30,33)/t13-,22+/m1/s1. The average Bonchev–Trinajstić information content (AvgIpc) is 3.24. The van der Waals surface area contributed by atoms with Crippen LogP contribution in [0, 0.1) is 24.4 Å². The number of pyridine rings is 1. The largest absolute Gasteiger partial charge is 0.379 e. The van der Waals surface area contributed by atoms with Crippen LogP contribution < -0.4 is 15.5 Å². The van der Waals surface area contributed by atoms with E-state index in [-0.39, 0.29) is 24.1 Å². The summed E-state index contributed by atoms with van der Waals surface area (Å²) in [4.78, 5) is 19.0. The number of methoxy groups -OCH3 is 1. The smallest absolute Gasteiger partial charge is 0.249 e. The molecular weight excluding hydrogens is 449 g/mol. The number of hydrogen-bond acceptors (Lipinski definition) is 6. The van der Waals surface area contributed by atoms with Crippen molar-refractivity contribution >= 4 is 23.1 Å². The number of halogens is 3. The van der Waals surface area contributed by atoms with Crippen LogP contribution in [0.4, 0.5) is 30.4 Å². The second-order valence-corrected chi connectivity index (χ2v) is 8.25. The summed E-state index contributed by atoms with van der Waals surface area (Å²) in [6, 6.07) is 3.27. The highest BCUT2D eigenvalue weighted by molar-refractivity contribution is 6.04. The second-order valence-electron chi connectivity index (χ2n) is 8.25. The molecule has 0 fully saturated rings. The first-order valence-corrected chi connectivity index (χ1v) is 10.6. The van der Waals surface area contributed by atoms with E-state index >= 15 is 0 Å². The fraction of sp³-hybridized carbons (Fsp3) is 0.348. The lowest BCUT2D eigenvalue weighted by Crippen LogP contribution is -2.52. The molecule has 1 aliphatic rings. The van der Waals surface area contributed by atoms with Crippen LogP contribution in [-0.4, -0.2) is 47.0 Å². The molecule has 1 amide bonds. The number of fused-ring (bicyclic) bond motifs is 1. The Balaban J connectivity index is 1.47. The Labute approximate surface area is 194 Å². The van der Waals surface area contributed by atoms with Crippen LogP contribution in [0.15, 0.2) is 30.6 Å². The van der Waals surface area contributed by atoms with Crippen molar-refractivity contribution in [1.82, 2.24) is 14.8 Å². The zero-order chi connectivity index (χ0) is 24.6. The maximum atomic E-state index is 13.5. The Hall–Kier alpha value is -3.60. The number of aryl methyl sites for hydroxylation is 1. The molecule has 0 aliphatic carbocycles. The number of anilines is 3. The van der Waals surface area contributed by atoms with Gasteiger partial charge in [-0.05, 0) is 31.5 Å². The number of aromatic nitrogens is 3. The van der Waals surface area contributed by atoms with E-state index in [1.165, 1.54) is 4.68 Å². The second kappa shape index (κ2) is 9.34. The third-order valence-electron chi connectivity index (χ3n) is 5.86. The van der Waals surface area contributed by atoms with Crippen molar-refractivity contribution in [2.45, 2.75) is 39.1 Å². The van der Waals surface area contributed by atoms with Crippen molar-refractivity contribution in [3.8, 4) is 0 Å². The number of carbonyl (C=O) groups excluding carboxylic acids is 1. The minimum Gasteiger partial charge on any atom is -0.379 e. The van der Waals surface area contributed by atoms with Gasteiger partial charge in [-0.3, -0.25) is 9.48 Å². The summed E-state index contributed by atoms with van der Waals surface area (Å²) < 4.78 is 46.9. The van der Waals surface area contributed by atoms with E-state index in [1.54, 1.807) is 19.5 Å². The average molecular weight is 474 g/mol. The molecule has 34 heavy (non-hydrogen) atoms. The molecule has 0 saturated heterocycles. The highest BCUT2D eigenvalue weighted by Gasteiger charge is 2.36. The van der Waals surface area contributed by atoms with E-state index in [9.17, 15) is 18.0 Å². The van der Waals surface area contributed by atoms with Crippen LogP contribution in [0.3, 0.4) is 0 Å². The number of rotatable bonds is 7. The molecule has 0 radical (unpaired) electrons. The van der Waals surface area contributed by atoms with E-state index in [2.05, 4.69) is 20.7 Å². The third-order valence-corrected chi connectivity index (χ3v) is 5.86. The molecule has 0 spiro atoms. The molecule has 2 aromatic heterocycles. The Morgan fingerprint density at radius 1 is 1.21 bits per heavy atom. The van der Waals surface area contributed by atoms with Crippen LogP contribution in [0.2, 0.25) is 0 Å². The van der Waals surface area contributed by atoms with Gasteiger partial charge in [0, 0.05) is 38.5 Å². The summed E-state index contributed by atoms with van der Waals surface area (Å²) in [6.45, 7) is 4.14. The number of hydrogen-bond donors (Lipinski definition) is 2. The summed E-state index contributed by atoms with van der Waals surface area (Å²) in [6.07, 6.45) is 3.04. The highest BCUT2D eigenvalue weighted by Crippen LogP contribution is 2.36. The molecule has 3 aromatic rings. The number of ether oxygens (including phenoxy) is 1. The monoisotopic (exact) mass is 474 g/mol. The van der Waals surface area contributed by atoms with E-state index in [0.29, 0.717) is 23.7 Å². The number of carbonyl (C=O) groups is 1. The number of amides is 1. The highest BCUT2D eigenvalue weighted by atomic mass is 19.2. The predicted molar refractivity (Wildman–Crippen MR) is 121 cm³/mol. The fourth-order valence-corrected chi connectivity index (χ4v) is 4.02. The third kappa shape index (κ3) is 4.56. The zero-order valence-corrected chi connectivity index (χ0v) is 19.2. The maximum absolute atomic E-state index is 13.5. The van der Waals surface area contributed by atoms with Crippen molar-refractivity contribution in [3.05, 3.63) is 64.9 Å². The van der Waals surface area contributed by atoms with Crippen molar-refractivity contribution < 1.29 is 22.7 Å². The van der Waals surface area contributed by atoms with Crippen LogP contribution in [0.5, 0.6) is 0 Å². The summed E-state index contributed by atoms with van der Waals surface area (Å²) in [5.41, 5.74) is 3.22. The summed E-state index contributed by atoms with van der Waals surface area (Å²) in [5, 5.41) is 10.4. The van der Waals surface area contributed by atoms with Crippen molar-refractivity contribution in [2.24, 2.45) is 0 Å². The van der Waals surface area contributed by atoms with E-state index < -0.39 is 23.5 Å². The molecule has 4 rings (SSSR count). The predicted octanol–water partition coefficient (Wildman–Crippen LogP) is 3.46. The van der Waals surface area contributed by atoms with Crippen LogP contribution in [0.1, 0.15) is 23.7 Å².